The lowest BCUT2D eigenvalue weighted by Crippen LogP contribution is -2.30. The van der Waals surface area contributed by atoms with Gasteiger partial charge in [0.2, 0.25) is 0 Å². The zero-order valence-corrected chi connectivity index (χ0v) is 12.0. The molecule has 0 spiro atoms. The molecule has 98 valence electrons. The Morgan fingerprint density at radius 3 is 2.89 bits per heavy atom. The second-order valence-electron chi connectivity index (χ2n) is 5.01. The molecule has 1 fully saturated rings. The number of carboxylic acids is 1. The van der Waals surface area contributed by atoms with Gasteiger partial charge in [-0.3, -0.25) is 4.79 Å². The number of halogens is 1. The van der Waals surface area contributed by atoms with Crippen molar-refractivity contribution in [2.24, 2.45) is 5.92 Å². The summed E-state index contributed by atoms with van der Waals surface area (Å²) in [4.78, 5) is 11.0. The van der Waals surface area contributed by atoms with Crippen molar-refractivity contribution in [3.8, 4) is 0 Å². The number of anilines is 1. The van der Waals surface area contributed by atoms with Crippen molar-refractivity contribution in [3.05, 3.63) is 28.2 Å². The van der Waals surface area contributed by atoms with Gasteiger partial charge in [0.15, 0.2) is 0 Å². The van der Waals surface area contributed by atoms with Gasteiger partial charge in [-0.15, -0.1) is 0 Å². The van der Waals surface area contributed by atoms with E-state index in [1.54, 1.807) is 0 Å². The van der Waals surface area contributed by atoms with Crippen LogP contribution in [0.25, 0.3) is 0 Å². The number of rotatable bonds is 3. The van der Waals surface area contributed by atoms with Crippen LogP contribution < -0.4 is 5.32 Å². The van der Waals surface area contributed by atoms with E-state index < -0.39 is 5.97 Å². The highest BCUT2D eigenvalue weighted by atomic mass is 79.9. The van der Waals surface area contributed by atoms with Crippen LogP contribution in [0, 0.1) is 12.8 Å². The van der Waals surface area contributed by atoms with Crippen molar-refractivity contribution in [2.75, 3.05) is 5.32 Å². The molecule has 0 saturated heterocycles. The molecule has 2 rings (SSSR count). The van der Waals surface area contributed by atoms with Crippen LogP contribution in [0.15, 0.2) is 22.7 Å². The van der Waals surface area contributed by atoms with Gasteiger partial charge in [-0.2, -0.15) is 0 Å². The van der Waals surface area contributed by atoms with Crippen molar-refractivity contribution in [1.82, 2.24) is 0 Å². The van der Waals surface area contributed by atoms with Crippen LogP contribution >= 0.6 is 15.9 Å². The van der Waals surface area contributed by atoms with Crippen molar-refractivity contribution < 1.29 is 9.90 Å². The number of nitrogens with one attached hydrogen (secondary N) is 1. The zero-order chi connectivity index (χ0) is 13.1. The lowest BCUT2D eigenvalue weighted by atomic mass is 9.85. The van der Waals surface area contributed by atoms with Crippen LogP contribution in [0.1, 0.15) is 31.2 Å². The summed E-state index contributed by atoms with van der Waals surface area (Å²) in [5, 5.41) is 12.5. The Balaban J connectivity index is 2.00. The molecule has 0 amide bonds. The summed E-state index contributed by atoms with van der Waals surface area (Å²) in [5.41, 5.74) is 2.26. The third-order valence-corrected chi connectivity index (χ3v) is 4.44. The van der Waals surface area contributed by atoms with Crippen LogP contribution in [-0.2, 0) is 4.79 Å². The monoisotopic (exact) mass is 311 g/mol. The van der Waals surface area contributed by atoms with E-state index in [1.165, 1.54) is 5.56 Å². The molecule has 1 aromatic rings. The molecule has 0 aliphatic heterocycles. The molecule has 1 aliphatic rings. The van der Waals surface area contributed by atoms with E-state index in [-0.39, 0.29) is 12.0 Å². The van der Waals surface area contributed by atoms with E-state index >= 15 is 0 Å². The first-order chi connectivity index (χ1) is 8.56. The summed E-state index contributed by atoms with van der Waals surface area (Å²) in [6, 6.07) is 6.42. The number of benzene rings is 1. The second kappa shape index (κ2) is 5.74. The molecule has 1 aromatic carbocycles. The molecule has 18 heavy (non-hydrogen) atoms. The number of carboxylic acid groups (broad SMARTS) is 1. The highest BCUT2D eigenvalue weighted by Gasteiger charge is 2.26. The molecule has 2 atom stereocenters. The van der Waals surface area contributed by atoms with Gasteiger partial charge in [0, 0.05) is 16.2 Å². The summed E-state index contributed by atoms with van der Waals surface area (Å²) in [6.07, 6.45) is 3.58. The van der Waals surface area contributed by atoms with Crippen LogP contribution in [0.2, 0.25) is 0 Å². The van der Waals surface area contributed by atoms with Crippen LogP contribution in [-0.4, -0.2) is 17.1 Å². The number of carbonyl (C=O) groups is 1. The lowest BCUT2D eigenvalue weighted by molar-refractivity contribution is -0.142. The van der Waals surface area contributed by atoms with Gasteiger partial charge in [-0.05, 0) is 49.9 Å². The normalized spacial score (nSPS) is 23.7. The van der Waals surface area contributed by atoms with Crippen LogP contribution in [0.3, 0.4) is 0 Å². The summed E-state index contributed by atoms with van der Waals surface area (Å²) in [6.45, 7) is 2.05. The molecule has 4 heteroatoms. The maximum absolute atomic E-state index is 11.0. The standard InChI is InChI=1S/C14H18BrNO2/c1-9-7-12(5-6-13(9)15)16-11-4-2-3-10(8-11)14(17)18/h5-7,10-11,16H,2-4,8H2,1H3,(H,17,18). The SMILES string of the molecule is Cc1cc(NC2CCCC(C(=O)O)C2)ccc1Br. The Hall–Kier alpha value is -1.03. The predicted octanol–water partition coefficient (Wildman–Crippen LogP) is 3.81. The molecular weight excluding hydrogens is 294 g/mol. The molecule has 2 unspecified atom stereocenters. The summed E-state index contributed by atoms with van der Waals surface area (Å²) in [5.74, 6) is -0.846. The minimum atomic E-state index is -0.659. The van der Waals surface area contributed by atoms with Gasteiger partial charge in [0.25, 0.3) is 0 Å². The van der Waals surface area contributed by atoms with Crippen molar-refractivity contribution in [3.63, 3.8) is 0 Å². The first kappa shape index (κ1) is 13.4. The fraction of sp³-hybridized carbons (Fsp3) is 0.500. The number of hydrogen-bond acceptors (Lipinski definition) is 2. The van der Waals surface area contributed by atoms with E-state index in [1.807, 2.05) is 12.1 Å². The number of hydrogen-bond donors (Lipinski definition) is 2. The van der Waals surface area contributed by atoms with E-state index in [9.17, 15) is 4.79 Å². The first-order valence-corrected chi connectivity index (χ1v) is 7.11. The Kier molecular flexibility index (Phi) is 4.27. The Morgan fingerprint density at radius 1 is 1.44 bits per heavy atom. The molecule has 1 aliphatic carbocycles. The van der Waals surface area contributed by atoms with E-state index in [0.717, 1.165) is 35.8 Å². The van der Waals surface area contributed by atoms with Gasteiger partial charge < -0.3 is 10.4 Å². The van der Waals surface area contributed by atoms with Crippen LogP contribution in [0.5, 0.6) is 0 Å². The summed E-state index contributed by atoms with van der Waals surface area (Å²) in [7, 11) is 0. The molecule has 1 saturated carbocycles. The molecular formula is C14H18BrNO2. The third-order valence-electron chi connectivity index (χ3n) is 3.55. The zero-order valence-electron chi connectivity index (χ0n) is 10.4. The maximum atomic E-state index is 11.0. The summed E-state index contributed by atoms with van der Waals surface area (Å²) >= 11 is 3.48. The van der Waals surface area contributed by atoms with Gasteiger partial charge in [0.1, 0.15) is 0 Å². The topological polar surface area (TPSA) is 49.3 Å². The fourth-order valence-corrected chi connectivity index (χ4v) is 2.76. The van der Waals surface area contributed by atoms with E-state index in [0.29, 0.717) is 0 Å². The second-order valence-corrected chi connectivity index (χ2v) is 5.86. The minimum Gasteiger partial charge on any atom is -0.481 e. The van der Waals surface area contributed by atoms with Crippen LogP contribution in [0.4, 0.5) is 5.69 Å². The minimum absolute atomic E-state index is 0.187. The quantitative estimate of drug-likeness (QED) is 0.892. The average Bonchev–Trinajstić information content (AvgIpc) is 2.34. The Morgan fingerprint density at radius 2 is 2.22 bits per heavy atom. The third kappa shape index (κ3) is 3.25. The highest BCUT2D eigenvalue weighted by Crippen LogP contribution is 2.28. The molecule has 2 N–H and O–H groups in total. The fourth-order valence-electron chi connectivity index (χ4n) is 2.52. The van der Waals surface area contributed by atoms with Gasteiger partial charge in [-0.1, -0.05) is 22.4 Å². The van der Waals surface area contributed by atoms with E-state index in [2.05, 4.69) is 34.2 Å². The van der Waals surface area contributed by atoms with Gasteiger partial charge >= 0.3 is 5.97 Å². The lowest BCUT2D eigenvalue weighted by Gasteiger charge is -2.28. The highest BCUT2D eigenvalue weighted by molar-refractivity contribution is 9.10. The predicted molar refractivity (Wildman–Crippen MR) is 75.9 cm³/mol. The molecule has 3 nitrogen and oxygen atoms in total. The average molecular weight is 312 g/mol. The largest absolute Gasteiger partial charge is 0.481 e. The van der Waals surface area contributed by atoms with Crippen molar-refractivity contribution >= 4 is 27.6 Å². The van der Waals surface area contributed by atoms with Crippen molar-refractivity contribution in [2.45, 2.75) is 38.6 Å². The number of aryl methyl sites for hydroxylation is 1. The van der Waals surface area contributed by atoms with E-state index in [4.69, 9.17) is 5.11 Å². The number of aliphatic carboxylic acids is 1. The molecule has 0 radical (unpaired) electrons. The smallest absolute Gasteiger partial charge is 0.306 e. The molecule has 0 bridgehead atoms. The first-order valence-electron chi connectivity index (χ1n) is 6.32. The Bertz CT molecular complexity index is 447. The summed E-state index contributed by atoms with van der Waals surface area (Å²) < 4.78 is 1.10. The molecule has 0 aromatic heterocycles. The Labute approximate surface area is 116 Å². The maximum Gasteiger partial charge on any atom is 0.306 e. The van der Waals surface area contributed by atoms with Crippen molar-refractivity contribution in [1.29, 1.82) is 0 Å². The van der Waals surface area contributed by atoms with Gasteiger partial charge in [0.05, 0.1) is 5.92 Å². The van der Waals surface area contributed by atoms with Gasteiger partial charge in [-0.25, -0.2) is 0 Å². The molecule has 0 heterocycles.